The molecule has 4 rings (SSSR count). The van der Waals surface area contributed by atoms with E-state index in [1.165, 1.54) is 5.56 Å². The minimum absolute atomic E-state index is 0.00655. The summed E-state index contributed by atoms with van der Waals surface area (Å²) in [5, 5.41) is 0. The number of ether oxygens (including phenoxy) is 2. The number of rotatable bonds is 8. The van der Waals surface area contributed by atoms with Crippen LogP contribution in [0.25, 0.3) is 5.70 Å². The summed E-state index contributed by atoms with van der Waals surface area (Å²) in [7, 11) is 1.65. The van der Waals surface area contributed by atoms with E-state index >= 15 is 0 Å². The fraction of sp³-hybridized carbons (Fsp3) is 0.222. The Bertz CT molecular complexity index is 1070. The third-order valence-electron chi connectivity index (χ3n) is 5.38. The molecule has 1 heterocycles. The summed E-state index contributed by atoms with van der Waals surface area (Å²) in [6.45, 7) is 3.21. The summed E-state index contributed by atoms with van der Waals surface area (Å²) in [5.74, 6) is 1.55. The molecule has 0 aromatic heterocycles. The van der Waals surface area contributed by atoms with Crippen LogP contribution in [0.3, 0.4) is 0 Å². The molecular weight excluding hydrogens is 386 g/mol. The number of fused-ring (bicyclic) bond motifs is 1. The van der Waals surface area contributed by atoms with Crippen molar-refractivity contribution in [1.82, 2.24) is 4.90 Å². The molecule has 3 aromatic carbocycles. The molecule has 0 bridgehead atoms. The highest BCUT2D eigenvalue weighted by Gasteiger charge is 2.32. The summed E-state index contributed by atoms with van der Waals surface area (Å²) in [6.07, 6.45) is 3.84. The first-order chi connectivity index (χ1) is 15.2. The van der Waals surface area contributed by atoms with Crippen LogP contribution in [0.4, 0.5) is 0 Å². The molecule has 31 heavy (non-hydrogen) atoms. The zero-order valence-corrected chi connectivity index (χ0v) is 18.0. The lowest BCUT2D eigenvalue weighted by atomic mass is 10.1. The first-order valence-corrected chi connectivity index (χ1v) is 10.7. The van der Waals surface area contributed by atoms with Crippen LogP contribution < -0.4 is 9.47 Å². The van der Waals surface area contributed by atoms with Crippen molar-refractivity contribution in [3.05, 3.63) is 101 Å². The highest BCUT2D eigenvalue weighted by Crippen LogP contribution is 2.36. The zero-order valence-electron chi connectivity index (χ0n) is 18.0. The fourth-order valence-corrected chi connectivity index (χ4v) is 3.75. The van der Waals surface area contributed by atoms with E-state index in [-0.39, 0.29) is 5.91 Å². The second kappa shape index (κ2) is 9.52. The Hall–Kier alpha value is -3.53. The molecule has 0 saturated heterocycles. The molecule has 0 atom stereocenters. The molecule has 0 radical (unpaired) electrons. The van der Waals surface area contributed by atoms with Gasteiger partial charge in [-0.25, -0.2) is 0 Å². The number of amides is 1. The maximum Gasteiger partial charge on any atom is 0.259 e. The van der Waals surface area contributed by atoms with E-state index in [1.54, 1.807) is 7.11 Å². The van der Waals surface area contributed by atoms with E-state index in [2.05, 4.69) is 25.1 Å². The van der Waals surface area contributed by atoms with Crippen LogP contribution in [0.1, 0.15) is 40.4 Å². The van der Waals surface area contributed by atoms with Crippen LogP contribution in [0.2, 0.25) is 0 Å². The first-order valence-electron chi connectivity index (χ1n) is 10.7. The normalized spacial score (nSPS) is 14.1. The highest BCUT2D eigenvalue weighted by molar-refractivity contribution is 6.09. The average molecular weight is 414 g/mol. The predicted octanol–water partition coefficient (Wildman–Crippen LogP) is 5.72. The Morgan fingerprint density at radius 2 is 1.61 bits per heavy atom. The summed E-state index contributed by atoms with van der Waals surface area (Å²) >= 11 is 0. The van der Waals surface area contributed by atoms with Gasteiger partial charge in [0.05, 0.1) is 25.8 Å². The van der Waals surface area contributed by atoms with Gasteiger partial charge in [-0.2, -0.15) is 0 Å². The lowest BCUT2D eigenvalue weighted by Crippen LogP contribution is -2.22. The third-order valence-corrected chi connectivity index (χ3v) is 5.38. The molecule has 4 heteroatoms. The van der Waals surface area contributed by atoms with Gasteiger partial charge in [0.1, 0.15) is 11.5 Å². The summed E-state index contributed by atoms with van der Waals surface area (Å²) < 4.78 is 11.0. The molecule has 1 aliphatic rings. The van der Waals surface area contributed by atoms with Gasteiger partial charge in [0.15, 0.2) is 0 Å². The van der Waals surface area contributed by atoms with Gasteiger partial charge in [0.25, 0.3) is 5.91 Å². The van der Waals surface area contributed by atoms with Crippen molar-refractivity contribution in [3.8, 4) is 11.5 Å². The zero-order chi connectivity index (χ0) is 21.6. The number of hydrogen-bond donors (Lipinski definition) is 0. The molecule has 1 aliphatic heterocycles. The van der Waals surface area contributed by atoms with Gasteiger partial charge in [-0.3, -0.25) is 4.79 Å². The minimum atomic E-state index is 0.00655. The van der Waals surface area contributed by atoms with Crippen molar-refractivity contribution < 1.29 is 14.3 Å². The molecule has 1 amide bonds. The van der Waals surface area contributed by atoms with Gasteiger partial charge in [0, 0.05) is 11.3 Å². The highest BCUT2D eigenvalue weighted by atomic mass is 16.5. The van der Waals surface area contributed by atoms with Crippen molar-refractivity contribution in [1.29, 1.82) is 0 Å². The fourth-order valence-electron chi connectivity index (χ4n) is 3.75. The quantitative estimate of drug-likeness (QED) is 0.474. The number of methoxy groups -OCH3 is 1. The molecule has 0 aliphatic carbocycles. The van der Waals surface area contributed by atoms with E-state index in [0.717, 1.165) is 41.2 Å². The van der Waals surface area contributed by atoms with Crippen LogP contribution in [-0.2, 0) is 13.0 Å². The van der Waals surface area contributed by atoms with Gasteiger partial charge in [-0.05, 0) is 54.3 Å². The number of allylic oxidation sites excluding steroid dienone is 1. The molecule has 0 saturated carbocycles. The first kappa shape index (κ1) is 20.7. The molecule has 0 N–H and O–H groups in total. The van der Waals surface area contributed by atoms with Crippen LogP contribution in [0.5, 0.6) is 11.5 Å². The lowest BCUT2D eigenvalue weighted by Gasteiger charge is -2.19. The standard InChI is InChI=1S/C27H27NO3/c1-3-17-31-23-14-15-24-25(18-23)27(29)28(19-21-9-12-22(30-2)13-10-21)26(24)16-11-20-7-5-4-6-8-20/h4-10,12-16,18H,3,11,17,19H2,1-2H3/b26-16-. The SMILES string of the molecule is CCCOc1ccc2c(c1)C(=O)N(Cc1ccc(OC)cc1)/C2=C\Cc1ccccc1. The van der Waals surface area contributed by atoms with Crippen LogP contribution >= 0.6 is 0 Å². The van der Waals surface area contributed by atoms with Crippen LogP contribution in [-0.4, -0.2) is 24.5 Å². The van der Waals surface area contributed by atoms with Crippen molar-refractivity contribution in [3.63, 3.8) is 0 Å². The largest absolute Gasteiger partial charge is 0.497 e. The maximum absolute atomic E-state index is 13.4. The lowest BCUT2D eigenvalue weighted by molar-refractivity contribution is 0.0842. The predicted molar refractivity (Wildman–Crippen MR) is 123 cm³/mol. The van der Waals surface area contributed by atoms with E-state index in [0.29, 0.717) is 18.7 Å². The second-order valence-electron chi connectivity index (χ2n) is 7.57. The summed E-state index contributed by atoms with van der Waals surface area (Å²) in [6, 6.07) is 24.0. The van der Waals surface area contributed by atoms with E-state index < -0.39 is 0 Å². The molecule has 0 fully saturated rings. The Labute approximate surface area is 183 Å². The second-order valence-corrected chi connectivity index (χ2v) is 7.57. The van der Waals surface area contributed by atoms with Crippen LogP contribution in [0.15, 0.2) is 78.9 Å². The molecule has 158 valence electrons. The van der Waals surface area contributed by atoms with Gasteiger partial charge >= 0.3 is 0 Å². The monoisotopic (exact) mass is 413 g/mol. The van der Waals surface area contributed by atoms with Crippen molar-refractivity contribution in [2.24, 2.45) is 0 Å². The van der Waals surface area contributed by atoms with Crippen molar-refractivity contribution in [2.45, 2.75) is 26.3 Å². The molecule has 0 spiro atoms. The van der Waals surface area contributed by atoms with E-state index in [9.17, 15) is 4.79 Å². The summed E-state index contributed by atoms with van der Waals surface area (Å²) in [5.41, 5.74) is 4.86. The topological polar surface area (TPSA) is 38.8 Å². The van der Waals surface area contributed by atoms with E-state index in [4.69, 9.17) is 9.47 Å². The Morgan fingerprint density at radius 3 is 2.32 bits per heavy atom. The van der Waals surface area contributed by atoms with Crippen molar-refractivity contribution >= 4 is 11.6 Å². The van der Waals surface area contributed by atoms with Crippen molar-refractivity contribution in [2.75, 3.05) is 13.7 Å². The number of carbonyl (C=O) groups is 1. The molecular formula is C27H27NO3. The van der Waals surface area contributed by atoms with Gasteiger partial charge in [-0.1, -0.05) is 55.5 Å². The number of nitrogens with zero attached hydrogens (tertiary/aromatic N) is 1. The summed E-state index contributed by atoms with van der Waals surface area (Å²) in [4.78, 5) is 15.2. The Balaban J connectivity index is 1.67. The van der Waals surface area contributed by atoms with Gasteiger partial charge in [-0.15, -0.1) is 0 Å². The average Bonchev–Trinajstić information content (AvgIpc) is 3.08. The van der Waals surface area contributed by atoms with Gasteiger partial charge in [0.2, 0.25) is 0 Å². The maximum atomic E-state index is 13.4. The molecule has 3 aromatic rings. The third kappa shape index (κ3) is 4.64. The molecule has 0 unspecified atom stereocenters. The minimum Gasteiger partial charge on any atom is -0.497 e. The van der Waals surface area contributed by atoms with Gasteiger partial charge < -0.3 is 14.4 Å². The van der Waals surface area contributed by atoms with Crippen LogP contribution in [0, 0.1) is 0 Å². The smallest absolute Gasteiger partial charge is 0.259 e. The molecule has 4 nitrogen and oxygen atoms in total. The number of hydrogen-bond acceptors (Lipinski definition) is 3. The Kier molecular flexibility index (Phi) is 6.37. The number of benzene rings is 3. The Morgan fingerprint density at radius 1 is 0.871 bits per heavy atom. The van der Waals surface area contributed by atoms with E-state index in [1.807, 2.05) is 65.6 Å². The number of carbonyl (C=O) groups excluding carboxylic acids is 1.